The summed E-state index contributed by atoms with van der Waals surface area (Å²) in [6.45, 7) is 0. The van der Waals surface area contributed by atoms with Gasteiger partial charge in [0.05, 0.1) is 0 Å². The van der Waals surface area contributed by atoms with Crippen LogP contribution >= 0.6 is 18.5 Å². The van der Waals surface area contributed by atoms with E-state index in [1.165, 1.54) is 25.7 Å². The fourth-order valence-corrected chi connectivity index (χ4v) is 1.91. The van der Waals surface area contributed by atoms with Crippen molar-refractivity contribution in [2.45, 2.75) is 37.0 Å². The van der Waals surface area contributed by atoms with Crippen molar-refractivity contribution >= 4 is 18.5 Å². The molecule has 2 unspecified atom stereocenters. The smallest absolute Gasteiger partial charge is 0.0264 e. The molecular formula is C6H14P2. The van der Waals surface area contributed by atoms with Gasteiger partial charge in [-0.25, -0.2) is 0 Å². The highest BCUT2D eigenvalue weighted by atomic mass is 31.0. The molecule has 8 heavy (non-hydrogen) atoms. The summed E-state index contributed by atoms with van der Waals surface area (Å²) in [5, 5.41) is 0. The molecule has 0 heterocycles. The van der Waals surface area contributed by atoms with Crippen LogP contribution in [-0.2, 0) is 0 Å². The van der Waals surface area contributed by atoms with Gasteiger partial charge in [0.1, 0.15) is 0 Å². The molecule has 0 nitrogen and oxygen atoms in total. The molecule has 1 rings (SSSR count). The Hall–Kier alpha value is 0.860. The Morgan fingerprint density at radius 3 is 1.25 bits per heavy atom. The van der Waals surface area contributed by atoms with Crippen LogP contribution in [0.15, 0.2) is 0 Å². The van der Waals surface area contributed by atoms with Crippen LogP contribution < -0.4 is 0 Å². The van der Waals surface area contributed by atoms with E-state index in [-0.39, 0.29) is 0 Å². The van der Waals surface area contributed by atoms with Crippen LogP contribution in [0.5, 0.6) is 0 Å². The molecule has 0 radical (unpaired) electrons. The lowest BCUT2D eigenvalue weighted by Gasteiger charge is -2.22. The minimum atomic E-state index is 0.923. The van der Waals surface area contributed by atoms with E-state index in [1.807, 2.05) is 0 Å². The first-order chi connectivity index (χ1) is 3.79. The van der Waals surface area contributed by atoms with Crippen LogP contribution in [0, 0.1) is 0 Å². The Labute approximate surface area is 56.2 Å². The van der Waals surface area contributed by atoms with Gasteiger partial charge in [0.15, 0.2) is 0 Å². The molecule has 1 saturated carbocycles. The molecule has 0 N–H and O–H groups in total. The Balaban J connectivity index is 2.19. The zero-order valence-electron chi connectivity index (χ0n) is 5.14. The largest absolute Gasteiger partial charge is 0.134 e. The molecule has 0 amide bonds. The fraction of sp³-hybridized carbons (Fsp3) is 1.00. The predicted octanol–water partition coefficient (Wildman–Crippen LogP) is 2.05. The highest BCUT2D eigenvalue weighted by molar-refractivity contribution is 7.18. The predicted molar refractivity (Wildman–Crippen MR) is 45.5 cm³/mol. The van der Waals surface area contributed by atoms with Crippen molar-refractivity contribution in [3.05, 3.63) is 0 Å². The molecule has 2 atom stereocenters. The summed E-state index contributed by atoms with van der Waals surface area (Å²) >= 11 is 0. The van der Waals surface area contributed by atoms with E-state index in [0.717, 1.165) is 11.3 Å². The third-order valence-corrected chi connectivity index (χ3v) is 3.15. The summed E-state index contributed by atoms with van der Waals surface area (Å²) in [5.74, 6) is 0. The van der Waals surface area contributed by atoms with Gasteiger partial charge < -0.3 is 0 Å². The molecule has 1 aliphatic carbocycles. The van der Waals surface area contributed by atoms with Crippen molar-refractivity contribution in [3.8, 4) is 0 Å². The topological polar surface area (TPSA) is 0 Å². The molecule has 48 valence electrons. The average Bonchev–Trinajstić information content (AvgIpc) is 1.77. The maximum Gasteiger partial charge on any atom is -0.0264 e. The summed E-state index contributed by atoms with van der Waals surface area (Å²) in [6.07, 6.45) is 5.66. The first-order valence-electron chi connectivity index (χ1n) is 3.30. The molecule has 0 spiro atoms. The molecule has 0 aromatic carbocycles. The average molecular weight is 148 g/mol. The second kappa shape index (κ2) is 3.14. The van der Waals surface area contributed by atoms with Crippen molar-refractivity contribution in [2.75, 3.05) is 0 Å². The Morgan fingerprint density at radius 2 is 1.00 bits per heavy atom. The van der Waals surface area contributed by atoms with Crippen LogP contribution in [0.1, 0.15) is 25.7 Å². The van der Waals surface area contributed by atoms with Gasteiger partial charge in [0.2, 0.25) is 0 Å². The number of hydrogen-bond acceptors (Lipinski definition) is 0. The highest BCUT2D eigenvalue weighted by Crippen LogP contribution is 2.28. The van der Waals surface area contributed by atoms with Gasteiger partial charge in [0.25, 0.3) is 0 Å². The van der Waals surface area contributed by atoms with E-state index in [1.54, 1.807) is 0 Å². The quantitative estimate of drug-likeness (QED) is 0.461. The van der Waals surface area contributed by atoms with Crippen molar-refractivity contribution in [1.82, 2.24) is 0 Å². The molecule has 0 bridgehead atoms. The SMILES string of the molecule is PC1CCC(P)CC1. The molecular weight excluding hydrogens is 134 g/mol. The zero-order valence-corrected chi connectivity index (χ0v) is 7.45. The minimum Gasteiger partial charge on any atom is -0.134 e. The molecule has 0 saturated heterocycles. The van der Waals surface area contributed by atoms with Crippen molar-refractivity contribution < 1.29 is 0 Å². The van der Waals surface area contributed by atoms with E-state index in [0.29, 0.717) is 0 Å². The van der Waals surface area contributed by atoms with Crippen LogP contribution in [0.3, 0.4) is 0 Å². The number of hydrogen-bond donors (Lipinski definition) is 0. The van der Waals surface area contributed by atoms with E-state index < -0.39 is 0 Å². The molecule has 2 heteroatoms. The lowest BCUT2D eigenvalue weighted by Crippen LogP contribution is -2.12. The summed E-state index contributed by atoms with van der Waals surface area (Å²) in [4.78, 5) is 0. The van der Waals surface area contributed by atoms with Gasteiger partial charge in [-0.3, -0.25) is 0 Å². The van der Waals surface area contributed by atoms with Crippen LogP contribution in [0.2, 0.25) is 0 Å². The summed E-state index contributed by atoms with van der Waals surface area (Å²) in [6, 6.07) is 0. The first-order valence-corrected chi connectivity index (χ1v) is 4.63. The van der Waals surface area contributed by atoms with Gasteiger partial charge in [-0.1, -0.05) is 0 Å². The van der Waals surface area contributed by atoms with E-state index in [4.69, 9.17) is 0 Å². The zero-order chi connectivity index (χ0) is 5.98. The van der Waals surface area contributed by atoms with Crippen LogP contribution in [-0.4, -0.2) is 11.3 Å². The van der Waals surface area contributed by atoms with Gasteiger partial charge in [0, 0.05) is 0 Å². The third-order valence-electron chi connectivity index (χ3n) is 1.82. The second-order valence-corrected chi connectivity index (χ2v) is 4.56. The summed E-state index contributed by atoms with van der Waals surface area (Å²) in [7, 11) is 5.83. The summed E-state index contributed by atoms with van der Waals surface area (Å²) in [5.41, 5.74) is 1.85. The van der Waals surface area contributed by atoms with Gasteiger partial charge in [-0.15, -0.1) is 18.5 Å². The highest BCUT2D eigenvalue weighted by Gasteiger charge is 2.13. The van der Waals surface area contributed by atoms with Crippen molar-refractivity contribution in [1.29, 1.82) is 0 Å². The van der Waals surface area contributed by atoms with Crippen molar-refractivity contribution in [2.24, 2.45) is 0 Å². The maximum atomic E-state index is 2.91. The Morgan fingerprint density at radius 1 is 0.750 bits per heavy atom. The van der Waals surface area contributed by atoms with Crippen molar-refractivity contribution in [3.63, 3.8) is 0 Å². The second-order valence-electron chi connectivity index (χ2n) is 2.67. The number of rotatable bonds is 0. The molecule has 0 aromatic rings. The molecule has 1 aliphatic rings. The normalized spacial score (nSPS) is 39.8. The van der Waals surface area contributed by atoms with Gasteiger partial charge in [-0.05, 0) is 37.0 Å². The monoisotopic (exact) mass is 148 g/mol. The van der Waals surface area contributed by atoms with E-state index in [9.17, 15) is 0 Å². The molecule has 0 aliphatic heterocycles. The molecule has 0 aromatic heterocycles. The lowest BCUT2D eigenvalue weighted by molar-refractivity contribution is 0.528. The van der Waals surface area contributed by atoms with E-state index >= 15 is 0 Å². The Kier molecular flexibility index (Phi) is 2.73. The van der Waals surface area contributed by atoms with Crippen LogP contribution in [0.25, 0.3) is 0 Å². The van der Waals surface area contributed by atoms with Gasteiger partial charge >= 0.3 is 0 Å². The van der Waals surface area contributed by atoms with Crippen LogP contribution in [0.4, 0.5) is 0 Å². The fourth-order valence-electron chi connectivity index (χ4n) is 1.14. The first kappa shape index (κ1) is 6.97. The lowest BCUT2D eigenvalue weighted by atomic mass is 10.00. The Bertz CT molecular complexity index is 54.9. The van der Waals surface area contributed by atoms with E-state index in [2.05, 4.69) is 18.5 Å². The van der Waals surface area contributed by atoms with Gasteiger partial charge in [-0.2, -0.15) is 0 Å². The standard InChI is InChI=1S/C6H14P2/c7-5-1-2-6(8)4-3-5/h5-6H,1-4,7-8H2. The third kappa shape index (κ3) is 2.00. The maximum absolute atomic E-state index is 2.91. The molecule has 1 fully saturated rings. The summed E-state index contributed by atoms with van der Waals surface area (Å²) < 4.78 is 0. The minimum absolute atomic E-state index is 0.923.